The lowest BCUT2D eigenvalue weighted by Gasteiger charge is -2.19. The molecule has 0 aromatic heterocycles. The average Bonchev–Trinajstić information content (AvgIpc) is 3.39. The molecule has 1 amide bonds. The van der Waals surface area contributed by atoms with Crippen molar-refractivity contribution in [3.05, 3.63) is 146 Å². The van der Waals surface area contributed by atoms with Gasteiger partial charge in [0.15, 0.2) is 0 Å². The minimum Gasteiger partial charge on any atom is -0.394 e. The predicted molar refractivity (Wildman–Crippen MR) is 321 cm³/mol. The fourth-order valence-corrected chi connectivity index (χ4v) is 8.27. The van der Waals surface area contributed by atoms with Gasteiger partial charge in [0.1, 0.15) is 0 Å². The van der Waals surface area contributed by atoms with Crippen LogP contribution in [-0.2, 0) is 4.79 Å². The van der Waals surface area contributed by atoms with Crippen LogP contribution in [0.15, 0.2) is 146 Å². The van der Waals surface area contributed by atoms with Gasteiger partial charge in [0, 0.05) is 6.42 Å². The van der Waals surface area contributed by atoms with Crippen molar-refractivity contribution >= 4 is 5.91 Å². The Morgan fingerprint density at radius 3 is 0.972 bits per heavy atom. The fraction of sp³-hybridized carbons (Fsp3) is 0.632. The predicted octanol–water partition coefficient (Wildman–Crippen LogP) is 20.4. The summed E-state index contributed by atoms with van der Waals surface area (Å²) in [7, 11) is 0. The smallest absolute Gasteiger partial charge is 0.220 e. The van der Waals surface area contributed by atoms with E-state index in [1.807, 2.05) is 6.08 Å². The SMILES string of the molecule is CC/C=C\C/C=C\C/C=C\C/C=C\C/C=C\C/C=C\C/C=C\C/C=C\C/C=C\CCCC(=O)NC(CO)C(O)/C=C/CC/C=C/CC/C=C/CCCCCCCCCCCCCCCCCCCCCCC. The van der Waals surface area contributed by atoms with Crippen LogP contribution >= 0.6 is 0 Å². The lowest BCUT2D eigenvalue weighted by molar-refractivity contribution is -0.122. The summed E-state index contributed by atoms with van der Waals surface area (Å²) < 4.78 is 0. The second-order valence-corrected chi connectivity index (χ2v) is 19.7. The van der Waals surface area contributed by atoms with Gasteiger partial charge in [0.2, 0.25) is 5.91 Å². The zero-order valence-corrected chi connectivity index (χ0v) is 46.9. The van der Waals surface area contributed by atoms with E-state index in [1.54, 1.807) is 6.08 Å². The molecule has 0 spiro atoms. The van der Waals surface area contributed by atoms with Crippen LogP contribution in [0.4, 0.5) is 0 Å². The Hall–Kier alpha value is -3.73. The quantitative estimate of drug-likeness (QED) is 0.0420. The van der Waals surface area contributed by atoms with Gasteiger partial charge in [-0.15, -0.1) is 0 Å². The highest BCUT2D eigenvalue weighted by atomic mass is 16.3. The maximum absolute atomic E-state index is 12.5. The Morgan fingerprint density at radius 1 is 0.347 bits per heavy atom. The summed E-state index contributed by atoms with van der Waals surface area (Å²) in [6, 6.07) is -0.690. The van der Waals surface area contributed by atoms with E-state index in [9.17, 15) is 15.0 Å². The molecule has 0 heterocycles. The Labute approximate surface area is 446 Å². The monoisotopic (exact) mass is 992 g/mol. The molecule has 0 aliphatic rings. The van der Waals surface area contributed by atoms with Crippen molar-refractivity contribution in [1.82, 2.24) is 5.32 Å². The average molecular weight is 993 g/mol. The van der Waals surface area contributed by atoms with Gasteiger partial charge in [0.25, 0.3) is 0 Å². The summed E-state index contributed by atoms with van der Waals surface area (Å²) >= 11 is 0. The summed E-state index contributed by atoms with van der Waals surface area (Å²) in [5.74, 6) is -0.140. The third kappa shape index (κ3) is 57.2. The van der Waals surface area contributed by atoms with Crippen LogP contribution in [-0.4, -0.2) is 34.9 Å². The standard InChI is InChI=1S/C68H113NO3/c1-3-5-7-9-11-13-15-17-19-21-23-25-27-29-31-33-34-36-37-39-41-43-45-47-49-51-53-55-57-59-61-63-67(71)66(65-70)69-68(72)64-62-60-58-56-54-52-50-48-46-44-42-40-38-35-32-30-28-26-24-22-20-18-16-14-12-10-8-6-4-2/h6,8,12,14,18,20,24,26,30,32,38,40,44-47,50,52-53,55-56,58,61,63,66-67,70-71H,3-5,7,9-11,13,15-17,19,21-23,25,27-29,31,33-37,39,41-43,48-49,51,54,57,59-60,62,64-65H2,1-2H3,(H,69,72)/b8-6-,14-12-,20-18-,26-24-,32-30-,40-38-,46-44-,47-45+,52-50-,55-53+,58-56-,63-61+. The van der Waals surface area contributed by atoms with Gasteiger partial charge in [-0.25, -0.2) is 0 Å². The maximum Gasteiger partial charge on any atom is 0.220 e. The molecule has 0 aromatic rings. The van der Waals surface area contributed by atoms with E-state index in [1.165, 1.54) is 141 Å². The number of carbonyl (C=O) groups excluding carboxylic acids is 1. The lowest BCUT2D eigenvalue weighted by Crippen LogP contribution is -2.45. The number of aliphatic hydroxyl groups excluding tert-OH is 2. The van der Waals surface area contributed by atoms with E-state index >= 15 is 0 Å². The molecule has 3 N–H and O–H groups in total. The summed E-state index contributed by atoms with van der Waals surface area (Å²) in [6.45, 7) is 4.16. The molecule has 408 valence electrons. The summed E-state index contributed by atoms with van der Waals surface area (Å²) in [5, 5.41) is 23.1. The van der Waals surface area contributed by atoms with Crippen molar-refractivity contribution in [3.63, 3.8) is 0 Å². The first-order valence-electron chi connectivity index (χ1n) is 30.0. The molecule has 0 rings (SSSR count). The topological polar surface area (TPSA) is 69.6 Å². The first-order chi connectivity index (χ1) is 35.7. The summed E-state index contributed by atoms with van der Waals surface area (Å²) in [6.07, 6.45) is 97.4. The highest BCUT2D eigenvalue weighted by Crippen LogP contribution is 2.16. The lowest BCUT2D eigenvalue weighted by atomic mass is 10.0. The van der Waals surface area contributed by atoms with Gasteiger partial charge in [-0.05, 0) is 109 Å². The number of hydrogen-bond acceptors (Lipinski definition) is 3. The Bertz CT molecular complexity index is 1500. The van der Waals surface area contributed by atoms with Gasteiger partial charge in [-0.1, -0.05) is 288 Å². The maximum atomic E-state index is 12.5. The zero-order chi connectivity index (χ0) is 52.0. The largest absolute Gasteiger partial charge is 0.394 e. The van der Waals surface area contributed by atoms with Crippen LogP contribution in [0.1, 0.15) is 258 Å². The third-order valence-electron chi connectivity index (χ3n) is 12.8. The van der Waals surface area contributed by atoms with Gasteiger partial charge in [0.05, 0.1) is 18.8 Å². The number of nitrogens with one attached hydrogen (secondary N) is 1. The van der Waals surface area contributed by atoms with Crippen molar-refractivity contribution in [1.29, 1.82) is 0 Å². The number of unbranched alkanes of at least 4 members (excludes halogenated alkanes) is 24. The number of rotatable bonds is 53. The van der Waals surface area contributed by atoms with Crippen molar-refractivity contribution in [3.8, 4) is 0 Å². The van der Waals surface area contributed by atoms with Crippen LogP contribution in [0.25, 0.3) is 0 Å². The van der Waals surface area contributed by atoms with Crippen LogP contribution < -0.4 is 5.32 Å². The Balaban J connectivity index is 3.71. The fourth-order valence-electron chi connectivity index (χ4n) is 8.27. The summed E-state index contributed by atoms with van der Waals surface area (Å²) in [5.41, 5.74) is 0. The molecule has 2 unspecified atom stereocenters. The normalized spacial score (nSPS) is 13.9. The molecule has 0 saturated carbocycles. The first-order valence-corrected chi connectivity index (χ1v) is 30.0. The molecular weight excluding hydrogens is 879 g/mol. The molecule has 0 aromatic carbocycles. The molecule has 2 atom stereocenters. The molecule has 0 aliphatic heterocycles. The van der Waals surface area contributed by atoms with Gasteiger partial charge in [-0.2, -0.15) is 0 Å². The van der Waals surface area contributed by atoms with Crippen LogP contribution in [0.5, 0.6) is 0 Å². The molecule has 4 nitrogen and oxygen atoms in total. The number of amides is 1. The minimum absolute atomic E-state index is 0.140. The molecule has 0 saturated heterocycles. The third-order valence-corrected chi connectivity index (χ3v) is 12.8. The van der Waals surface area contributed by atoms with Gasteiger partial charge >= 0.3 is 0 Å². The second-order valence-electron chi connectivity index (χ2n) is 19.7. The molecule has 4 heteroatoms. The number of aliphatic hydroxyl groups is 2. The molecular formula is C68H113NO3. The highest BCUT2D eigenvalue weighted by molar-refractivity contribution is 5.76. The van der Waals surface area contributed by atoms with E-state index in [4.69, 9.17) is 0 Å². The molecule has 72 heavy (non-hydrogen) atoms. The molecule has 0 fully saturated rings. The Morgan fingerprint density at radius 2 is 0.625 bits per heavy atom. The number of allylic oxidation sites excluding steroid dienone is 23. The van der Waals surface area contributed by atoms with E-state index in [2.05, 4.69) is 153 Å². The van der Waals surface area contributed by atoms with Crippen molar-refractivity contribution in [2.24, 2.45) is 0 Å². The van der Waals surface area contributed by atoms with E-state index in [0.717, 1.165) is 96.3 Å². The van der Waals surface area contributed by atoms with Gasteiger partial charge in [-0.3, -0.25) is 4.79 Å². The summed E-state index contributed by atoms with van der Waals surface area (Å²) in [4.78, 5) is 12.5. The number of hydrogen-bond donors (Lipinski definition) is 3. The van der Waals surface area contributed by atoms with Crippen molar-refractivity contribution in [2.75, 3.05) is 6.61 Å². The van der Waals surface area contributed by atoms with E-state index < -0.39 is 12.1 Å². The van der Waals surface area contributed by atoms with E-state index in [0.29, 0.717) is 6.42 Å². The minimum atomic E-state index is -0.907. The Kier molecular flexibility index (Phi) is 58.4. The first kappa shape index (κ1) is 68.3. The number of carbonyl (C=O) groups is 1. The van der Waals surface area contributed by atoms with Crippen molar-refractivity contribution in [2.45, 2.75) is 270 Å². The van der Waals surface area contributed by atoms with Crippen LogP contribution in [0, 0.1) is 0 Å². The second kappa shape index (κ2) is 61.6. The zero-order valence-electron chi connectivity index (χ0n) is 46.9. The highest BCUT2D eigenvalue weighted by Gasteiger charge is 2.17. The molecule has 0 aliphatic carbocycles. The van der Waals surface area contributed by atoms with Crippen LogP contribution in [0.2, 0.25) is 0 Å². The van der Waals surface area contributed by atoms with E-state index in [-0.39, 0.29) is 12.5 Å². The van der Waals surface area contributed by atoms with Crippen molar-refractivity contribution < 1.29 is 15.0 Å². The molecule has 0 bridgehead atoms. The van der Waals surface area contributed by atoms with Gasteiger partial charge < -0.3 is 15.5 Å². The van der Waals surface area contributed by atoms with Crippen LogP contribution in [0.3, 0.4) is 0 Å². The molecule has 0 radical (unpaired) electrons.